The number of ether oxygens (including phenoxy) is 1. The molecule has 1 N–H and O–H groups in total. The topological polar surface area (TPSA) is 32.7 Å². The van der Waals surface area contributed by atoms with Gasteiger partial charge in [0.1, 0.15) is 0 Å². The van der Waals surface area contributed by atoms with E-state index in [1.54, 1.807) is 7.11 Å². The monoisotopic (exact) mass is 207 g/mol. The zero-order valence-electron chi connectivity index (χ0n) is 9.45. The smallest absolute Gasteiger partial charge is 0.160 e. The predicted octanol–water partition coefficient (Wildman–Crippen LogP) is 1.95. The molecule has 82 valence electrons. The van der Waals surface area contributed by atoms with Gasteiger partial charge in [-0.25, -0.2) is 0 Å². The second-order valence-corrected chi connectivity index (χ2v) is 4.13. The summed E-state index contributed by atoms with van der Waals surface area (Å²) in [5.74, 6) is 0.809. The number of hydrogen-bond donors (Lipinski definition) is 1. The van der Waals surface area contributed by atoms with E-state index in [9.17, 15) is 5.11 Å². The predicted molar refractivity (Wildman–Crippen MR) is 59.4 cm³/mol. The van der Waals surface area contributed by atoms with Gasteiger partial charge in [-0.3, -0.25) is 4.90 Å². The second kappa shape index (κ2) is 3.74. The molecule has 15 heavy (non-hydrogen) atoms. The SMILES string of the molecule is COc1cc2c(cc1O)[C@@H](C)N(C)CC2. The minimum Gasteiger partial charge on any atom is -0.504 e. The molecule has 1 atom stereocenters. The van der Waals surface area contributed by atoms with E-state index < -0.39 is 0 Å². The zero-order valence-corrected chi connectivity index (χ0v) is 9.45. The highest BCUT2D eigenvalue weighted by molar-refractivity contribution is 5.48. The quantitative estimate of drug-likeness (QED) is 0.764. The molecule has 0 saturated heterocycles. The van der Waals surface area contributed by atoms with E-state index in [1.165, 1.54) is 11.1 Å². The molecule has 3 heteroatoms. The van der Waals surface area contributed by atoms with Crippen LogP contribution in [0.3, 0.4) is 0 Å². The number of benzene rings is 1. The maximum absolute atomic E-state index is 9.73. The van der Waals surface area contributed by atoms with E-state index in [0.29, 0.717) is 11.8 Å². The van der Waals surface area contributed by atoms with Crippen LogP contribution in [-0.2, 0) is 6.42 Å². The van der Waals surface area contributed by atoms with Crippen LogP contribution in [0.1, 0.15) is 24.1 Å². The number of hydrogen-bond acceptors (Lipinski definition) is 3. The van der Waals surface area contributed by atoms with Crippen LogP contribution in [0.2, 0.25) is 0 Å². The van der Waals surface area contributed by atoms with Crippen molar-refractivity contribution in [1.82, 2.24) is 4.90 Å². The van der Waals surface area contributed by atoms with Gasteiger partial charge < -0.3 is 9.84 Å². The Labute approximate surface area is 90.3 Å². The fourth-order valence-corrected chi connectivity index (χ4v) is 2.12. The zero-order chi connectivity index (χ0) is 11.0. The molecule has 0 spiro atoms. The maximum Gasteiger partial charge on any atom is 0.160 e. The maximum atomic E-state index is 9.73. The van der Waals surface area contributed by atoms with E-state index in [1.807, 2.05) is 12.1 Å². The van der Waals surface area contributed by atoms with Crippen molar-refractivity contribution >= 4 is 0 Å². The summed E-state index contributed by atoms with van der Waals surface area (Å²) in [6, 6.07) is 4.15. The Bertz CT molecular complexity index is 376. The van der Waals surface area contributed by atoms with E-state index in [2.05, 4.69) is 18.9 Å². The Morgan fingerprint density at radius 2 is 2.20 bits per heavy atom. The third-order valence-corrected chi connectivity index (χ3v) is 3.29. The first-order valence-electron chi connectivity index (χ1n) is 5.23. The van der Waals surface area contributed by atoms with Gasteiger partial charge in [0.15, 0.2) is 11.5 Å². The first-order valence-corrected chi connectivity index (χ1v) is 5.23. The normalized spacial score (nSPS) is 21.1. The molecule has 1 aromatic rings. The molecule has 0 unspecified atom stereocenters. The molecule has 1 aliphatic rings. The fourth-order valence-electron chi connectivity index (χ4n) is 2.12. The van der Waals surface area contributed by atoms with Gasteiger partial charge in [-0.2, -0.15) is 0 Å². The first kappa shape index (κ1) is 10.3. The molecule has 0 fully saturated rings. The van der Waals surface area contributed by atoms with Crippen molar-refractivity contribution in [2.24, 2.45) is 0 Å². The van der Waals surface area contributed by atoms with Crippen LogP contribution in [-0.4, -0.2) is 30.7 Å². The number of likely N-dealkylation sites (N-methyl/N-ethyl adjacent to an activating group) is 1. The van der Waals surface area contributed by atoms with Crippen molar-refractivity contribution in [3.05, 3.63) is 23.3 Å². The van der Waals surface area contributed by atoms with Crippen LogP contribution < -0.4 is 4.74 Å². The number of rotatable bonds is 1. The highest BCUT2D eigenvalue weighted by Gasteiger charge is 2.22. The minimum absolute atomic E-state index is 0.235. The molecule has 2 rings (SSSR count). The Morgan fingerprint density at radius 3 is 2.87 bits per heavy atom. The van der Waals surface area contributed by atoms with Crippen LogP contribution in [0.25, 0.3) is 0 Å². The second-order valence-electron chi connectivity index (χ2n) is 4.13. The van der Waals surface area contributed by atoms with E-state index in [-0.39, 0.29) is 5.75 Å². The van der Waals surface area contributed by atoms with Gasteiger partial charge in [0.25, 0.3) is 0 Å². The summed E-state index contributed by atoms with van der Waals surface area (Å²) in [5, 5.41) is 9.73. The fraction of sp³-hybridized carbons (Fsp3) is 0.500. The molecule has 0 bridgehead atoms. The lowest BCUT2D eigenvalue weighted by Crippen LogP contribution is -2.30. The highest BCUT2D eigenvalue weighted by Crippen LogP contribution is 2.36. The van der Waals surface area contributed by atoms with Crippen molar-refractivity contribution in [3.63, 3.8) is 0 Å². The Hall–Kier alpha value is -1.22. The molecule has 1 aromatic carbocycles. The summed E-state index contributed by atoms with van der Waals surface area (Å²) in [7, 11) is 3.69. The van der Waals surface area contributed by atoms with Crippen molar-refractivity contribution in [3.8, 4) is 11.5 Å². The van der Waals surface area contributed by atoms with Crippen molar-refractivity contribution in [1.29, 1.82) is 0 Å². The lowest BCUT2D eigenvalue weighted by molar-refractivity contribution is 0.246. The number of aromatic hydroxyl groups is 1. The van der Waals surface area contributed by atoms with Gasteiger partial charge >= 0.3 is 0 Å². The average Bonchev–Trinajstić information content (AvgIpc) is 2.24. The van der Waals surface area contributed by atoms with Crippen molar-refractivity contribution in [2.75, 3.05) is 20.7 Å². The Morgan fingerprint density at radius 1 is 1.47 bits per heavy atom. The van der Waals surface area contributed by atoms with Crippen LogP contribution >= 0.6 is 0 Å². The number of phenols is 1. The summed E-state index contributed by atoms with van der Waals surface area (Å²) in [6.45, 7) is 3.21. The largest absolute Gasteiger partial charge is 0.504 e. The summed E-state index contributed by atoms with van der Waals surface area (Å²) < 4.78 is 5.11. The number of nitrogens with zero attached hydrogens (tertiary/aromatic N) is 1. The summed E-state index contributed by atoms with van der Waals surface area (Å²) in [5.41, 5.74) is 2.50. The number of fused-ring (bicyclic) bond motifs is 1. The average molecular weight is 207 g/mol. The van der Waals surface area contributed by atoms with Gasteiger partial charge in [0, 0.05) is 12.6 Å². The van der Waals surface area contributed by atoms with Gasteiger partial charge in [-0.15, -0.1) is 0 Å². The van der Waals surface area contributed by atoms with Crippen molar-refractivity contribution in [2.45, 2.75) is 19.4 Å². The third-order valence-electron chi connectivity index (χ3n) is 3.29. The molecule has 1 aliphatic heterocycles. The van der Waals surface area contributed by atoms with Gasteiger partial charge in [0.2, 0.25) is 0 Å². The number of methoxy groups -OCH3 is 1. The van der Waals surface area contributed by atoms with E-state index in [0.717, 1.165) is 13.0 Å². The van der Waals surface area contributed by atoms with Crippen LogP contribution in [0.5, 0.6) is 11.5 Å². The van der Waals surface area contributed by atoms with E-state index in [4.69, 9.17) is 4.74 Å². The standard InChI is InChI=1S/C12H17NO2/c1-8-10-7-11(14)12(15-3)6-9(10)4-5-13(8)2/h6-8,14H,4-5H2,1-3H3/t8-/m1/s1. The molecule has 0 aliphatic carbocycles. The molecule has 3 nitrogen and oxygen atoms in total. The Balaban J connectivity index is 2.47. The lowest BCUT2D eigenvalue weighted by Gasteiger charge is -2.32. The first-order chi connectivity index (χ1) is 7.13. The molecular formula is C12H17NO2. The molecular weight excluding hydrogens is 190 g/mol. The highest BCUT2D eigenvalue weighted by atomic mass is 16.5. The van der Waals surface area contributed by atoms with Crippen LogP contribution in [0, 0.1) is 0 Å². The number of phenolic OH excluding ortho intramolecular Hbond substituents is 1. The van der Waals surface area contributed by atoms with Gasteiger partial charge in [-0.05, 0) is 43.7 Å². The Kier molecular flexibility index (Phi) is 2.57. The molecule has 0 radical (unpaired) electrons. The van der Waals surface area contributed by atoms with Gasteiger partial charge in [-0.1, -0.05) is 0 Å². The van der Waals surface area contributed by atoms with Crippen LogP contribution in [0.15, 0.2) is 12.1 Å². The molecule has 1 heterocycles. The summed E-state index contributed by atoms with van der Waals surface area (Å²) in [4.78, 5) is 2.29. The molecule has 0 amide bonds. The summed E-state index contributed by atoms with van der Waals surface area (Å²) in [6.07, 6.45) is 1.02. The van der Waals surface area contributed by atoms with Crippen LogP contribution in [0.4, 0.5) is 0 Å². The molecule has 0 aromatic heterocycles. The lowest BCUT2D eigenvalue weighted by atomic mass is 9.93. The van der Waals surface area contributed by atoms with E-state index >= 15 is 0 Å². The van der Waals surface area contributed by atoms with Crippen molar-refractivity contribution < 1.29 is 9.84 Å². The minimum atomic E-state index is 0.235. The summed E-state index contributed by atoms with van der Waals surface area (Å²) >= 11 is 0. The molecule has 0 saturated carbocycles. The third kappa shape index (κ3) is 1.67. The van der Waals surface area contributed by atoms with Gasteiger partial charge in [0.05, 0.1) is 7.11 Å².